The largest absolute Gasteiger partial charge is 0.403 e. The summed E-state index contributed by atoms with van der Waals surface area (Å²) in [7, 11) is -2.24. The molecule has 1 saturated heterocycles. The molecule has 13 heavy (non-hydrogen) atoms. The van der Waals surface area contributed by atoms with Gasteiger partial charge in [0.15, 0.2) is 0 Å². The first kappa shape index (κ1) is 11.1. The van der Waals surface area contributed by atoms with E-state index in [0.717, 1.165) is 12.8 Å². The Bertz CT molecular complexity index is 152. The molecule has 0 bridgehead atoms. The number of rotatable bonds is 0. The summed E-state index contributed by atoms with van der Waals surface area (Å²) >= 11 is 0. The highest BCUT2D eigenvalue weighted by molar-refractivity contribution is 6.64. The Balaban J connectivity index is 2.53. The molecule has 0 unspecified atom stereocenters. The minimum atomic E-state index is -2.24. The van der Waals surface area contributed by atoms with Crippen molar-refractivity contribution < 1.29 is 18.9 Å². The topological polar surface area (TPSA) is 36.9 Å². The molecule has 0 atom stereocenters. The summed E-state index contributed by atoms with van der Waals surface area (Å²) in [5, 5.41) is 0. The summed E-state index contributed by atoms with van der Waals surface area (Å²) < 4.78 is 10.4. The molecule has 0 spiro atoms. The van der Waals surface area contributed by atoms with Crippen LogP contribution in [0, 0.1) is 0 Å². The zero-order valence-corrected chi connectivity index (χ0v) is 9.75. The van der Waals surface area contributed by atoms with Crippen molar-refractivity contribution in [2.45, 2.75) is 45.4 Å². The summed E-state index contributed by atoms with van der Waals surface area (Å²) in [4.78, 5) is 10.3. The van der Waals surface area contributed by atoms with E-state index in [9.17, 15) is 0 Å². The van der Waals surface area contributed by atoms with Gasteiger partial charge in [-0.1, -0.05) is 0 Å². The van der Waals surface area contributed by atoms with Crippen LogP contribution in [0.2, 0.25) is 13.1 Å². The predicted octanol–water partition coefficient (Wildman–Crippen LogP) is 2.16. The van der Waals surface area contributed by atoms with Gasteiger partial charge in [-0.15, -0.1) is 0 Å². The number of hydrogen-bond donors (Lipinski definition) is 0. The molecular formula is C8H18O4Si. The lowest BCUT2D eigenvalue weighted by atomic mass is 10.0. The van der Waals surface area contributed by atoms with Crippen LogP contribution in [0.25, 0.3) is 0 Å². The lowest BCUT2D eigenvalue weighted by molar-refractivity contribution is -0.321. The highest BCUT2D eigenvalue weighted by atomic mass is 28.4. The van der Waals surface area contributed by atoms with Crippen LogP contribution in [0.1, 0.15) is 26.7 Å². The van der Waals surface area contributed by atoms with Crippen LogP contribution < -0.4 is 0 Å². The van der Waals surface area contributed by atoms with Crippen molar-refractivity contribution in [1.29, 1.82) is 0 Å². The molecule has 0 amide bonds. The van der Waals surface area contributed by atoms with Crippen molar-refractivity contribution >= 4 is 8.56 Å². The summed E-state index contributed by atoms with van der Waals surface area (Å²) in [6.07, 6.45) is 1.82. The summed E-state index contributed by atoms with van der Waals surface area (Å²) in [6.45, 7) is 8.38. The Morgan fingerprint density at radius 1 is 1.15 bits per heavy atom. The Hall–Kier alpha value is 0.0569. The van der Waals surface area contributed by atoms with Gasteiger partial charge in [-0.2, -0.15) is 0 Å². The zero-order valence-electron chi connectivity index (χ0n) is 8.75. The summed E-state index contributed by atoms with van der Waals surface area (Å²) in [6, 6.07) is 0. The van der Waals surface area contributed by atoms with E-state index < -0.39 is 8.56 Å². The molecule has 78 valence electrons. The van der Waals surface area contributed by atoms with Crippen LogP contribution >= 0.6 is 0 Å². The predicted molar refractivity (Wildman–Crippen MR) is 50.0 cm³/mol. The van der Waals surface area contributed by atoms with E-state index in [0.29, 0.717) is 6.61 Å². The van der Waals surface area contributed by atoms with Gasteiger partial charge < -0.3 is 0 Å². The third kappa shape index (κ3) is 4.19. The highest BCUT2D eigenvalue weighted by Crippen LogP contribution is 2.22. The van der Waals surface area contributed by atoms with Crippen molar-refractivity contribution in [3.05, 3.63) is 0 Å². The molecule has 1 aliphatic rings. The van der Waals surface area contributed by atoms with Crippen molar-refractivity contribution in [1.82, 2.24) is 0 Å². The minimum Gasteiger partial charge on any atom is -0.249 e. The zero-order chi connectivity index (χ0) is 9.95. The van der Waals surface area contributed by atoms with Gasteiger partial charge in [0.1, 0.15) is 0 Å². The molecule has 0 aliphatic carbocycles. The third-order valence-electron chi connectivity index (χ3n) is 1.73. The fourth-order valence-electron chi connectivity index (χ4n) is 1.01. The monoisotopic (exact) mass is 206 g/mol. The van der Waals surface area contributed by atoms with Crippen molar-refractivity contribution in [2.75, 3.05) is 6.61 Å². The maximum absolute atomic E-state index is 5.32. The Labute approximate surface area is 80.2 Å². The van der Waals surface area contributed by atoms with E-state index in [1.807, 2.05) is 26.9 Å². The van der Waals surface area contributed by atoms with E-state index in [-0.39, 0.29) is 5.60 Å². The van der Waals surface area contributed by atoms with Crippen LogP contribution in [-0.2, 0) is 18.9 Å². The van der Waals surface area contributed by atoms with Gasteiger partial charge in [-0.3, -0.25) is 0 Å². The minimum absolute atomic E-state index is 0.249. The fraction of sp³-hybridized carbons (Fsp3) is 1.00. The summed E-state index contributed by atoms with van der Waals surface area (Å²) in [5.41, 5.74) is -0.249. The Morgan fingerprint density at radius 3 is 2.54 bits per heavy atom. The van der Waals surface area contributed by atoms with E-state index >= 15 is 0 Å². The maximum atomic E-state index is 5.32. The van der Waals surface area contributed by atoms with Crippen molar-refractivity contribution in [3.8, 4) is 0 Å². The molecule has 0 N–H and O–H groups in total. The molecule has 0 aromatic rings. The second kappa shape index (κ2) is 4.06. The molecule has 5 heteroatoms. The van der Waals surface area contributed by atoms with E-state index in [2.05, 4.69) is 0 Å². The molecule has 1 heterocycles. The van der Waals surface area contributed by atoms with Gasteiger partial charge in [0.2, 0.25) is 0 Å². The van der Waals surface area contributed by atoms with Gasteiger partial charge in [-0.25, -0.2) is 18.9 Å². The fourth-order valence-corrected chi connectivity index (χ4v) is 1.83. The molecule has 0 aromatic carbocycles. The van der Waals surface area contributed by atoms with Crippen LogP contribution in [-0.4, -0.2) is 20.8 Å². The first-order chi connectivity index (χ1) is 5.91. The van der Waals surface area contributed by atoms with Crippen LogP contribution in [0.5, 0.6) is 0 Å². The van der Waals surface area contributed by atoms with Crippen molar-refractivity contribution in [2.24, 2.45) is 0 Å². The molecule has 1 fully saturated rings. The molecule has 0 radical (unpaired) electrons. The van der Waals surface area contributed by atoms with E-state index in [1.54, 1.807) is 0 Å². The van der Waals surface area contributed by atoms with Crippen LogP contribution in [0.3, 0.4) is 0 Å². The standard InChI is InChI=1S/C8H18O4Si/c1-8(2)6-5-7-9-11-13(3,4)12-10-8/h5-7H2,1-4H3. The van der Waals surface area contributed by atoms with Gasteiger partial charge in [0.05, 0.1) is 12.2 Å². The molecule has 1 aliphatic heterocycles. The Kier molecular flexibility index (Phi) is 3.48. The first-order valence-electron chi connectivity index (χ1n) is 4.59. The first-order valence-corrected chi connectivity index (χ1v) is 7.40. The third-order valence-corrected chi connectivity index (χ3v) is 2.74. The normalized spacial score (nSPS) is 28.6. The van der Waals surface area contributed by atoms with Gasteiger partial charge in [0, 0.05) is 0 Å². The second-order valence-corrected chi connectivity index (χ2v) is 7.47. The van der Waals surface area contributed by atoms with Crippen molar-refractivity contribution in [3.63, 3.8) is 0 Å². The second-order valence-electron chi connectivity index (χ2n) is 4.34. The molecular weight excluding hydrogens is 188 g/mol. The van der Waals surface area contributed by atoms with E-state index in [4.69, 9.17) is 18.9 Å². The van der Waals surface area contributed by atoms with E-state index in [1.165, 1.54) is 0 Å². The number of hydrogen-bond acceptors (Lipinski definition) is 4. The van der Waals surface area contributed by atoms with Gasteiger partial charge in [0.25, 0.3) is 0 Å². The molecule has 0 saturated carbocycles. The lowest BCUT2D eigenvalue weighted by Crippen LogP contribution is -2.37. The summed E-state index contributed by atoms with van der Waals surface area (Å²) in [5.74, 6) is 0. The lowest BCUT2D eigenvalue weighted by Gasteiger charge is -2.26. The van der Waals surface area contributed by atoms with Crippen LogP contribution in [0.4, 0.5) is 0 Å². The quantitative estimate of drug-likeness (QED) is 0.449. The highest BCUT2D eigenvalue weighted by Gasteiger charge is 2.33. The average Bonchev–Trinajstić information content (AvgIpc) is 2.04. The molecule has 1 rings (SSSR count). The average molecular weight is 206 g/mol. The van der Waals surface area contributed by atoms with Crippen LogP contribution in [0.15, 0.2) is 0 Å². The Morgan fingerprint density at radius 2 is 1.85 bits per heavy atom. The molecule has 0 aromatic heterocycles. The molecule has 4 nitrogen and oxygen atoms in total. The van der Waals surface area contributed by atoms with Gasteiger partial charge in [-0.05, 0) is 39.8 Å². The maximum Gasteiger partial charge on any atom is 0.403 e. The van der Waals surface area contributed by atoms with Gasteiger partial charge >= 0.3 is 8.56 Å². The SMILES string of the molecule is CC1(C)CCCOO[Si](C)(C)OO1. The smallest absolute Gasteiger partial charge is 0.249 e.